The number of hydrogen-bond donors (Lipinski definition) is 1. The number of nitrogens with one attached hydrogen (secondary N) is 1. The Labute approximate surface area is 332 Å². The number of fused-ring (bicyclic) bond motifs is 3. The second kappa shape index (κ2) is 14.6. The van der Waals surface area contributed by atoms with Crippen molar-refractivity contribution in [3.05, 3.63) is 212 Å². The molecule has 0 fully saturated rings. The molecule has 0 spiro atoms. The molecular formula is C53H38N4. The topological polar surface area (TPSA) is 42.7 Å². The number of para-hydroxylation sites is 3. The third-order valence-corrected chi connectivity index (χ3v) is 10.8. The average molecular weight is 731 g/mol. The van der Waals surface area contributed by atoms with E-state index in [9.17, 15) is 0 Å². The summed E-state index contributed by atoms with van der Waals surface area (Å²) in [6, 6.07) is 72.6. The van der Waals surface area contributed by atoms with Crippen LogP contribution in [0.3, 0.4) is 0 Å². The Balaban J connectivity index is 1.13. The summed E-state index contributed by atoms with van der Waals surface area (Å²) in [5.41, 5.74) is 16.3. The Morgan fingerprint density at radius 2 is 0.947 bits per heavy atom. The lowest BCUT2D eigenvalue weighted by atomic mass is 9.91. The average Bonchev–Trinajstić information content (AvgIpc) is 3.62. The van der Waals surface area contributed by atoms with Gasteiger partial charge in [-0.05, 0) is 66.1 Å². The number of anilines is 2. The third-order valence-electron chi connectivity index (χ3n) is 10.8. The van der Waals surface area contributed by atoms with Crippen LogP contribution < -0.4 is 5.32 Å². The van der Waals surface area contributed by atoms with Crippen LogP contribution in [0.1, 0.15) is 5.56 Å². The molecule has 0 radical (unpaired) electrons. The molecule has 0 amide bonds. The lowest BCUT2D eigenvalue weighted by molar-refractivity contribution is 1.17. The quantitative estimate of drug-likeness (QED) is 0.169. The van der Waals surface area contributed by atoms with Gasteiger partial charge in [-0.1, -0.05) is 164 Å². The zero-order chi connectivity index (χ0) is 38.1. The van der Waals surface area contributed by atoms with Gasteiger partial charge in [0.1, 0.15) is 0 Å². The van der Waals surface area contributed by atoms with Crippen LogP contribution in [0.15, 0.2) is 206 Å². The summed E-state index contributed by atoms with van der Waals surface area (Å²) in [6.45, 7) is 2.18. The molecule has 2 aromatic heterocycles. The first-order valence-electron chi connectivity index (χ1n) is 19.3. The van der Waals surface area contributed by atoms with Gasteiger partial charge in [0.25, 0.3) is 0 Å². The molecule has 0 saturated heterocycles. The summed E-state index contributed by atoms with van der Waals surface area (Å²) < 4.78 is 2.39. The van der Waals surface area contributed by atoms with Gasteiger partial charge >= 0.3 is 0 Å². The Hall–Kier alpha value is -7.56. The number of rotatable bonds is 8. The van der Waals surface area contributed by atoms with Crippen LogP contribution in [0.4, 0.5) is 11.4 Å². The summed E-state index contributed by atoms with van der Waals surface area (Å²) in [4.78, 5) is 10.1. The van der Waals surface area contributed by atoms with Crippen molar-refractivity contribution >= 4 is 33.2 Å². The number of aromatic nitrogens is 3. The van der Waals surface area contributed by atoms with E-state index in [1.807, 2.05) is 36.4 Å². The number of benzene rings is 8. The molecule has 4 nitrogen and oxygen atoms in total. The highest BCUT2D eigenvalue weighted by Gasteiger charge is 2.20. The van der Waals surface area contributed by atoms with Crippen molar-refractivity contribution in [2.45, 2.75) is 6.92 Å². The molecule has 0 unspecified atom stereocenters. The summed E-state index contributed by atoms with van der Waals surface area (Å²) in [7, 11) is 0. The SMILES string of the molecule is Cc1ccccc1-c1cccc(-c2cccc3c2c2ccccc2n3-c2ccc(-c3cc(-c4ccccc4)nc(-c4ccccc4)n3)cc2)c1Nc1ccccc1. The third kappa shape index (κ3) is 6.33. The number of aryl methyl sites for hydroxylation is 1. The van der Waals surface area contributed by atoms with Gasteiger partial charge in [0.05, 0.1) is 28.1 Å². The molecule has 270 valence electrons. The first-order valence-corrected chi connectivity index (χ1v) is 19.3. The van der Waals surface area contributed by atoms with E-state index < -0.39 is 0 Å². The molecule has 2 heterocycles. The van der Waals surface area contributed by atoms with Crippen LogP contribution in [0, 0.1) is 6.92 Å². The van der Waals surface area contributed by atoms with Crippen molar-refractivity contribution in [1.82, 2.24) is 14.5 Å². The monoisotopic (exact) mass is 730 g/mol. The smallest absolute Gasteiger partial charge is 0.160 e. The van der Waals surface area contributed by atoms with Crippen LogP contribution in [0.5, 0.6) is 0 Å². The summed E-state index contributed by atoms with van der Waals surface area (Å²) in [5.74, 6) is 0.707. The molecule has 1 N–H and O–H groups in total. The van der Waals surface area contributed by atoms with Gasteiger partial charge in [-0.2, -0.15) is 0 Å². The van der Waals surface area contributed by atoms with E-state index in [2.05, 4.69) is 187 Å². The van der Waals surface area contributed by atoms with Crippen molar-refractivity contribution in [2.75, 3.05) is 5.32 Å². The maximum Gasteiger partial charge on any atom is 0.160 e. The highest BCUT2D eigenvalue weighted by Crippen LogP contribution is 2.45. The van der Waals surface area contributed by atoms with Gasteiger partial charge in [-0.3, -0.25) is 0 Å². The van der Waals surface area contributed by atoms with Gasteiger partial charge in [0, 0.05) is 50.0 Å². The Bertz CT molecular complexity index is 2970. The molecule has 57 heavy (non-hydrogen) atoms. The van der Waals surface area contributed by atoms with Crippen LogP contribution in [0.25, 0.3) is 83.6 Å². The van der Waals surface area contributed by atoms with Crippen LogP contribution in [-0.2, 0) is 0 Å². The second-order valence-corrected chi connectivity index (χ2v) is 14.3. The lowest BCUT2D eigenvalue weighted by Gasteiger charge is -2.19. The fourth-order valence-electron chi connectivity index (χ4n) is 8.05. The molecule has 10 aromatic rings. The zero-order valence-corrected chi connectivity index (χ0v) is 31.5. The molecule has 10 rings (SSSR count). The van der Waals surface area contributed by atoms with E-state index in [0.29, 0.717) is 5.82 Å². The van der Waals surface area contributed by atoms with Crippen LogP contribution in [0.2, 0.25) is 0 Å². The summed E-state index contributed by atoms with van der Waals surface area (Å²) in [6.07, 6.45) is 0. The maximum absolute atomic E-state index is 5.09. The minimum atomic E-state index is 0.707. The minimum absolute atomic E-state index is 0.707. The molecule has 0 atom stereocenters. The molecule has 0 saturated carbocycles. The first-order chi connectivity index (χ1) is 28.2. The van der Waals surface area contributed by atoms with Gasteiger partial charge in [-0.15, -0.1) is 0 Å². The highest BCUT2D eigenvalue weighted by molar-refractivity contribution is 6.17. The van der Waals surface area contributed by atoms with Crippen molar-refractivity contribution in [3.8, 4) is 61.8 Å². The summed E-state index contributed by atoms with van der Waals surface area (Å²) >= 11 is 0. The molecule has 0 bridgehead atoms. The van der Waals surface area contributed by atoms with Crippen molar-refractivity contribution in [3.63, 3.8) is 0 Å². The van der Waals surface area contributed by atoms with Crippen LogP contribution >= 0.6 is 0 Å². The van der Waals surface area contributed by atoms with Gasteiger partial charge in [0.2, 0.25) is 0 Å². The summed E-state index contributed by atoms with van der Waals surface area (Å²) in [5, 5.41) is 6.27. The first kappa shape index (κ1) is 34.0. The fourth-order valence-corrected chi connectivity index (χ4v) is 8.05. The molecular weight excluding hydrogens is 693 g/mol. The standard InChI is InChI=1S/C53H38N4/c1-36-17-11-12-24-42(36)44-27-15-28-45(52(44)54-40-22-9-4-10-23-40)43-26-16-30-50-51(43)46-25-13-14-29-49(46)57(50)41-33-31-38(32-34-41)48-35-47(37-18-5-2-6-19-37)55-53(56-48)39-20-7-3-8-21-39/h2-35,54H,1H3. The van der Waals surface area contributed by atoms with E-state index in [-0.39, 0.29) is 0 Å². The number of nitrogens with zero attached hydrogens (tertiary/aromatic N) is 3. The van der Waals surface area contributed by atoms with Crippen molar-refractivity contribution < 1.29 is 0 Å². The normalized spacial score (nSPS) is 11.2. The van der Waals surface area contributed by atoms with Gasteiger partial charge in [-0.25, -0.2) is 9.97 Å². The molecule has 4 heteroatoms. The van der Waals surface area contributed by atoms with Crippen molar-refractivity contribution in [1.29, 1.82) is 0 Å². The minimum Gasteiger partial charge on any atom is -0.355 e. The second-order valence-electron chi connectivity index (χ2n) is 14.3. The van der Waals surface area contributed by atoms with E-state index in [1.54, 1.807) is 0 Å². The Kier molecular flexibility index (Phi) is 8.69. The van der Waals surface area contributed by atoms with E-state index >= 15 is 0 Å². The predicted octanol–water partition coefficient (Wildman–Crippen LogP) is 14.0. The maximum atomic E-state index is 5.09. The zero-order valence-electron chi connectivity index (χ0n) is 31.5. The predicted molar refractivity (Wildman–Crippen MR) is 238 cm³/mol. The molecule has 0 aliphatic carbocycles. The number of hydrogen-bond acceptors (Lipinski definition) is 3. The fraction of sp³-hybridized carbons (Fsp3) is 0.0189. The highest BCUT2D eigenvalue weighted by atomic mass is 15.0. The van der Waals surface area contributed by atoms with Gasteiger partial charge in [0.15, 0.2) is 5.82 Å². The lowest BCUT2D eigenvalue weighted by Crippen LogP contribution is -1.98. The molecule has 8 aromatic carbocycles. The van der Waals surface area contributed by atoms with Gasteiger partial charge < -0.3 is 9.88 Å². The van der Waals surface area contributed by atoms with E-state index in [0.717, 1.165) is 61.7 Å². The molecule has 0 aliphatic heterocycles. The van der Waals surface area contributed by atoms with Crippen molar-refractivity contribution in [2.24, 2.45) is 0 Å². The van der Waals surface area contributed by atoms with E-state index in [4.69, 9.17) is 9.97 Å². The molecule has 0 aliphatic rings. The largest absolute Gasteiger partial charge is 0.355 e. The van der Waals surface area contributed by atoms with Crippen LogP contribution in [-0.4, -0.2) is 14.5 Å². The Morgan fingerprint density at radius 3 is 1.67 bits per heavy atom. The van der Waals surface area contributed by atoms with E-state index in [1.165, 1.54) is 33.0 Å². The Morgan fingerprint density at radius 1 is 0.421 bits per heavy atom.